The SMILES string of the molecule is O=[N+]([O-])c1ccc(S(=O)(=O)NCC2CCC(O)C2)c(F)c1. The molecule has 2 N–H and O–H groups in total. The Balaban J connectivity index is 2.10. The summed E-state index contributed by atoms with van der Waals surface area (Å²) in [7, 11) is -4.07. The number of nitro groups is 1. The fourth-order valence-electron chi connectivity index (χ4n) is 2.36. The minimum atomic E-state index is -4.07. The van der Waals surface area contributed by atoms with Crippen LogP contribution >= 0.6 is 0 Å². The third-order valence-corrected chi connectivity index (χ3v) is 4.95. The highest BCUT2D eigenvalue weighted by Gasteiger charge is 2.26. The molecule has 0 heterocycles. The highest BCUT2D eigenvalue weighted by atomic mass is 32.2. The summed E-state index contributed by atoms with van der Waals surface area (Å²) in [6, 6.07) is 2.39. The van der Waals surface area contributed by atoms with Gasteiger partial charge in [-0.3, -0.25) is 10.1 Å². The van der Waals surface area contributed by atoms with Gasteiger partial charge >= 0.3 is 0 Å². The van der Waals surface area contributed by atoms with E-state index in [0.29, 0.717) is 25.3 Å². The average Bonchev–Trinajstić information content (AvgIpc) is 2.82. The molecular formula is C12H15FN2O5S. The predicted octanol–water partition coefficient (Wildman–Crippen LogP) is 1.17. The number of nitrogens with zero attached hydrogens (tertiary/aromatic N) is 1. The molecule has 7 nitrogen and oxygen atoms in total. The molecule has 0 saturated heterocycles. The molecule has 9 heteroatoms. The van der Waals surface area contributed by atoms with Crippen molar-refractivity contribution in [2.24, 2.45) is 5.92 Å². The maximum Gasteiger partial charge on any atom is 0.272 e. The van der Waals surface area contributed by atoms with Crippen molar-refractivity contribution in [2.75, 3.05) is 6.54 Å². The minimum absolute atomic E-state index is 0.0101. The molecule has 0 aliphatic heterocycles. The van der Waals surface area contributed by atoms with Crippen LogP contribution in [0.2, 0.25) is 0 Å². The van der Waals surface area contributed by atoms with Crippen LogP contribution in [0.25, 0.3) is 0 Å². The van der Waals surface area contributed by atoms with Crippen LogP contribution in [0.1, 0.15) is 19.3 Å². The first-order valence-corrected chi connectivity index (χ1v) is 7.89. The fraction of sp³-hybridized carbons (Fsp3) is 0.500. The van der Waals surface area contributed by atoms with Gasteiger partial charge in [0, 0.05) is 12.6 Å². The zero-order valence-corrected chi connectivity index (χ0v) is 11.8. The van der Waals surface area contributed by atoms with Gasteiger partial charge in [0.2, 0.25) is 10.0 Å². The van der Waals surface area contributed by atoms with Gasteiger partial charge in [0.25, 0.3) is 5.69 Å². The molecular weight excluding hydrogens is 303 g/mol. The Bertz CT molecular complexity index is 649. The van der Waals surface area contributed by atoms with Crippen LogP contribution in [0.4, 0.5) is 10.1 Å². The Morgan fingerprint density at radius 3 is 2.67 bits per heavy atom. The van der Waals surface area contributed by atoms with Crippen molar-refractivity contribution in [2.45, 2.75) is 30.3 Å². The number of nitro benzene ring substituents is 1. The molecule has 21 heavy (non-hydrogen) atoms. The van der Waals surface area contributed by atoms with E-state index in [0.717, 1.165) is 12.1 Å². The summed E-state index contributed by atoms with van der Waals surface area (Å²) in [5.74, 6) is -1.15. The Labute approximate surface area is 121 Å². The zero-order chi connectivity index (χ0) is 15.6. The van der Waals surface area contributed by atoms with E-state index in [1.165, 1.54) is 0 Å². The minimum Gasteiger partial charge on any atom is -0.393 e. The van der Waals surface area contributed by atoms with E-state index in [1.54, 1.807) is 0 Å². The van der Waals surface area contributed by atoms with Crippen molar-refractivity contribution >= 4 is 15.7 Å². The number of aliphatic hydroxyl groups is 1. The second-order valence-corrected chi connectivity index (χ2v) is 6.79. The van der Waals surface area contributed by atoms with Crippen molar-refractivity contribution in [1.29, 1.82) is 0 Å². The third kappa shape index (κ3) is 3.74. The van der Waals surface area contributed by atoms with Crippen molar-refractivity contribution < 1.29 is 22.8 Å². The predicted molar refractivity (Wildman–Crippen MR) is 71.6 cm³/mol. The summed E-state index contributed by atoms with van der Waals surface area (Å²) in [5, 5.41) is 19.9. The molecule has 1 aromatic carbocycles. The molecule has 0 bridgehead atoms. The van der Waals surface area contributed by atoms with Gasteiger partial charge in [0.05, 0.1) is 17.1 Å². The van der Waals surface area contributed by atoms with Crippen molar-refractivity contribution in [3.05, 3.63) is 34.1 Å². The number of halogens is 1. The number of hydrogen-bond donors (Lipinski definition) is 2. The van der Waals surface area contributed by atoms with E-state index < -0.39 is 37.5 Å². The smallest absolute Gasteiger partial charge is 0.272 e. The van der Waals surface area contributed by atoms with E-state index in [9.17, 15) is 28.0 Å². The summed E-state index contributed by atoms with van der Waals surface area (Å²) in [5.41, 5.74) is -0.509. The van der Waals surface area contributed by atoms with E-state index >= 15 is 0 Å². The van der Waals surface area contributed by atoms with Gasteiger partial charge in [-0.05, 0) is 31.2 Å². The third-order valence-electron chi connectivity index (χ3n) is 3.49. The van der Waals surface area contributed by atoms with E-state index in [2.05, 4.69) is 4.72 Å². The van der Waals surface area contributed by atoms with Crippen LogP contribution in [-0.2, 0) is 10.0 Å². The average molecular weight is 318 g/mol. The number of sulfonamides is 1. The lowest BCUT2D eigenvalue weighted by Gasteiger charge is -2.11. The van der Waals surface area contributed by atoms with Gasteiger partial charge in [-0.2, -0.15) is 0 Å². The number of rotatable bonds is 5. The molecule has 2 rings (SSSR count). The van der Waals surface area contributed by atoms with Gasteiger partial charge in [0.1, 0.15) is 10.7 Å². The Morgan fingerprint density at radius 2 is 2.14 bits per heavy atom. The molecule has 2 unspecified atom stereocenters. The van der Waals surface area contributed by atoms with Gasteiger partial charge in [-0.1, -0.05) is 0 Å². The number of hydrogen-bond acceptors (Lipinski definition) is 5. The van der Waals surface area contributed by atoms with Crippen LogP contribution in [-0.4, -0.2) is 31.1 Å². The molecule has 0 amide bonds. The van der Waals surface area contributed by atoms with Crippen molar-refractivity contribution in [3.63, 3.8) is 0 Å². The van der Waals surface area contributed by atoms with Crippen LogP contribution in [0, 0.1) is 21.8 Å². The molecule has 0 spiro atoms. The Kier molecular flexibility index (Phi) is 4.55. The molecule has 1 aromatic rings. The standard InChI is InChI=1S/C12H15FN2O5S/c13-11-6-9(15(17)18)2-4-12(11)21(19,20)14-7-8-1-3-10(16)5-8/h2,4,6,8,10,14,16H,1,3,5,7H2. The van der Waals surface area contributed by atoms with Crippen molar-refractivity contribution in [1.82, 2.24) is 4.72 Å². The summed E-state index contributed by atoms with van der Waals surface area (Å²) in [6.45, 7) is 0.107. The quantitative estimate of drug-likeness (QED) is 0.625. The molecule has 1 aliphatic carbocycles. The first-order valence-electron chi connectivity index (χ1n) is 6.41. The second-order valence-electron chi connectivity index (χ2n) is 5.06. The molecule has 2 atom stereocenters. The van der Waals surface area contributed by atoms with Gasteiger partial charge in [0.15, 0.2) is 0 Å². The zero-order valence-electron chi connectivity index (χ0n) is 11.0. The first-order chi connectivity index (χ1) is 9.79. The summed E-state index contributed by atoms with van der Waals surface area (Å²) in [4.78, 5) is 9.08. The van der Waals surface area contributed by atoms with E-state index in [-0.39, 0.29) is 12.5 Å². The Hall–Kier alpha value is -1.58. The van der Waals surface area contributed by atoms with Crippen LogP contribution in [0.3, 0.4) is 0 Å². The molecule has 0 radical (unpaired) electrons. The molecule has 116 valence electrons. The largest absolute Gasteiger partial charge is 0.393 e. The molecule has 1 saturated carbocycles. The van der Waals surface area contributed by atoms with Crippen LogP contribution in [0.15, 0.2) is 23.1 Å². The first kappa shape index (κ1) is 15.8. The van der Waals surface area contributed by atoms with Gasteiger partial charge < -0.3 is 5.11 Å². The van der Waals surface area contributed by atoms with Crippen LogP contribution < -0.4 is 4.72 Å². The fourth-order valence-corrected chi connectivity index (χ4v) is 3.53. The summed E-state index contributed by atoms with van der Waals surface area (Å²) >= 11 is 0. The topological polar surface area (TPSA) is 110 Å². The highest BCUT2D eigenvalue weighted by Crippen LogP contribution is 2.25. The lowest BCUT2D eigenvalue weighted by Crippen LogP contribution is -2.29. The van der Waals surface area contributed by atoms with Crippen LogP contribution in [0.5, 0.6) is 0 Å². The normalized spacial score (nSPS) is 22.4. The number of non-ortho nitro benzene ring substituents is 1. The Morgan fingerprint density at radius 1 is 1.43 bits per heavy atom. The summed E-state index contributed by atoms with van der Waals surface area (Å²) in [6.07, 6.45) is 1.41. The van der Waals surface area contributed by atoms with Gasteiger partial charge in [-0.25, -0.2) is 17.5 Å². The lowest BCUT2D eigenvalue weighted by atomic mass is 10.1. The number of benzene rings is 1. The maximum atomic E-state index is 13.7. The maximum absolute atomic E-state index is 13.7. The van der Waals surface area contributed by atoms with E-state index in [1.807, 2.05) is 0 Å². The summed E-state index contributed by atoms with van der Waals surface area (Å²) < 4.78 is 40.0. The molecule has 0 aromatic heterocycles. The lowest BCUT2D eigenvalue weighted by molar-refractivity contribution is -0.385. The van der Waals surface area contributed by atoms with Gasteiger partial charge in [-0.15, -0.1) is 0 Å². The number of aliphatic hydroxyl groups excluding tert-OH is 1. The number of nitrogens with one attached hydrogen (secondary N) is 1. The monoisotopic (exact) mass is 318 g/mol. The molecule has 1 fully saturated rings. The van der Waals surface area contributed by atoms with E-state index in [4.69, 9.17) is 0 Å². The highest BCUT2D eigenvalue weighted by molar-refractivity contribution is 7.89. The second kappa shape index (κ2) is 6.04. The van der Waals surface area contributed by atoms with Crippen molar-refractivity contribution in [3.8, 4) is 0 Å². The molecule has 1 aliphatic rings.